The molecule has 35 heavy (non-hydrogen) atoms. The van der Waals surface area contributed by atoms with Gasteiger partial charge >= 0.3 is 6.09 Å². The van der Waals surface area contributed by atoms with Gasteiger partial charge in [-0.2, -0.15) is 0 Å². The lowest BCUT2D eigenvalue weighted by atomic mass is 9.98. The van der Waals surface area contributed by atoms with Crippen LogP contribution < -0.4 is 9.64 Å². The van der Waals surface area contributed by atoms with Crippen molar-refractivity contribution in [3.05, 3.63) is 89.8 Å². The lowest BCUT2D eigenvalue weighted by molar-refractivity contribution is 0.101. The molecule has 0 fully saturated rings. The Morgan fingerprint density at radius 3 is 2.43 bits per heavy atom. The van der Waals surface area contributed by atoms with Crippen LogP contribution in [-0.2, 0) is 7.05 Å². The second kappa shape index (κ2) is 8.17. The Hall–Kier alpha value is -4.32. The summed E-state index contributed by atoms with van der Waals surface area (Å²) in [6, 6.07) is 21.2. The Morgan fingerprint density at radius 2 is 1.74 bits per heavy atom. The molecule has 0 unspecified atom stereocenters. The van der Waals surface area contributed by atoms with Gasteiger partial charge in [-0.1, -0.05) is 42.5 Å². The van der Waals surface area contributed by atoms with Gasteiger partial charge in [-0.05, 0) is 62.2 Å². The minimum Gasteiger partial charge on any atom is -0.465 e. The van der Waals surface area contributed by atoms with E-state index in [-0.39, 0.29) is 11.5 Å². The first-order chi connectivity index (χ1) is 16.6. The standard InChI is InChI=1S/C29H26N2O4/c1-29(2,3)31(28(33)34)20-13-14-24-22(16-20)27(32)25(35-24)15-19-17-30(4)23-12-8-11-21(26(19)23)18-9-6-5-7-10-18/h5-17H,1-4H3,(H,33,34). The fourth-order valence-corrected chi connectivity index (χ4v) is 4.69. The number of rotatable bonds is 3. The van der Waals surface area contributed by atoms with Crippen LogP contribution in [0.1, 0.15) is 36.7 Å². The number of ether oxygens (including phenoxy) is 1. The Labute approximate surface area is 203 Å². The highest BCUT2D eigenvalue weighted by Crippen LogP contribution is 2.38. The van der Waals surface area contributed by atoms with E-state index in [1.807, 2.05) is 62.8 Å². The average molecular weight is 467 g/mol. The monoisotopic (exact) mass is 466 g/mol. The number of carbonyl (C=O) groups excluding carboxylic acids is 1. The molecule has 4 aromatic rings. The Balaban J connectivity index is 1.59. The molecule has 5 rings (SSSR count). The number of aromatic nitrogens is 1. The molecule has 2 heterocycles. The molecule has 0 saturated heterocycles. The maximum absolute atomic E-state index is 13.3. The third-order valence-electron chi connectivity index (χ3n) is 6.19. The van der Waals surface area contributed by atoms with E-state index in [0.717, 1.165) is 27.6 Å². The lowest BCUT2D eigenvalue weighted by Gasteiger charge is -2.33. The maximum Gasteiger partial charge on any atom is 0.412 e. The van der Waals surface area contributed by atoms with Crippen molar-refractivity contribution >= 4 is 34.5 Å². The van der Waals surface area contributed by atoms with Crippen molar-refractivity contribution in [2.75, 3.05) is 4.90 Å². The molecule has 1 amide bonds. The van der Waals surface area contributed by atoms with Crippen molar-refractivity contribution in [1.82, 2.24) is 4.57 Å². The predicted molar refractivity (Wildman–Crippen MR) is 138 cm³/mol. The molecular formula is C29H26N2O4. The topological polar surface area (TPSA) is 71.8 Å². The van der Waals surface area contributed by atoms with Gasteiger partial charge in [0.2, 0.25) is 5.78 Å². The second-order valence-electron chi connectivity index (χ2n) is 9.67. The lowest BCUT2D eigenvalue weighted by Crippen LogP contribution is -2.45. The molecular weight excluding hydrogens is 440 g/mol. The first kappa shape index (κ1) is 22.5. The van der Waals surface area contributed by atoms with E-state index in [1.54, 1.807) is 24.3 Å². The van der Waals surface area contributed by atoms with Crippen LogP contribution in [0.5, 0.6) is 5.75 Å². The summed E-state index contributed by atoms with van der Waals surface area (Å²) in [5.74, 6) is 0.369. The number of carbonyl (C=O) groups is 2. The quantitative estimate of drug-likeness (QED) is 0.339. The van der Waals surface area contributed by atoms with E-state index in [2.05, 4.69) is 24.3 Å². The number of anilines is 1. The summed E-state index contributed by atoms with van der Waals surface area (Å²) in [6.45, 7) is 5.43. The van der Waals surface area contributed by atoms with Crippen molar-refractivity contribution in [1.29, 1.82) is 0 Å². The number of aryl methyl sites for hydroxylation is 1. The molecule has 176 valence electrons. The van der Waals surface area contributed by atoms with Gasteiger partial charge in [-0.25, -0.2) is 4.79 Å². The zero-order valence-corrected chi connectivity index (χ0v) is 20.1. The molecule has 3 aromatic carbocycles. The summed E-state index contributed by atoms with van der Waals surface area (Å²) in [4.78, 5) is 26.5. The first-order valence-corrected chi connectivity index (χ1v) is 11.4. The zero-order chi connectivity index (χ0) is 24.9. The van der Waals surface area contributed by atoms with Gasteiger partial charge in [-0.15, -0.1) is 0 Å². The van der Waals surface area contributed by atoms with Crippen molar-refractivity contribution < 1.29 is 19.4 Å². The highest BCUT2D eigenvalue weighted by Gasteiger charge is 2.32. The molecule has 1 aliphatic heterocycles. The normalized spacial score (nSPS) is 14.3. The van der Waals surface area contributed by atoms with Crippen molar-refractivity contribution in [3.63, 3.8) is 0 Å². The summed E-state index contributed by atoms with van der Waals surface area (Å²) in [7, 11) is 1.98. The van der Waals surface area contributed by atoms with Crippen molar-refractivity contribution in [2.45, 2.75) is 26.3 Å². The number of Topliss-reactive ketones (excluding diaryl/α,β-unsaturated/α-hetero) is 1. The van der Waals surface area contributed by atoms with Crippen LogP contribution in [0, 0.1) is 0 Å². The van der Waals surface area contributed by atoms with Crippen LogP contribution in [0.25, 0.3) is 28.1 Å². The molecule has 0 saturated carbocycles. The van der Waals surface area contributed by atoms with Gasteiger partial charge in [-0.3, -0.25) is 9.69 Å². The van der Waals surface area contributed by atoms with Gasteiger partial charge in [0.05, 0.1) is 5.56 Å². The minimum absolute atomic E-state index is 0.213. The van der Waals surface area contributed by atoms with E-state index >= 15 is 0 Å². The molecule has 6 nitrogen and oxygen atoms in total. The number of nitrogens with zero attached hydrogens (tertiary/aromatic N) is 2. The van der Waals surface area contributed by atoms with Crippen LogP contribution in [-0.4, -0.2) is 27.1 Å². The van der Waals surface area contributed by atoms with Crippen LogP contribution in [0.2, 0.25) is 0 Å². The van der Waals surface area contributed by atoms with E-state index in [4.69, 9.17) is 4.74 Å². The third-order valence-corrected chi connectivity index (χ3v) is 6.19. The van der Waals surface area contributed by atoms with Crippen LogP contribution in [0.4, 0.5) is 10.5 Å². The Kier molecular flexibility index (Phi) is 5.24. The smallest absolute Gasteiger partial charge is 0.412 e. The number of fused-ring (bicyclic) bond motifs is 2. The van der Waals surface area contributed by atoms with Gasteiger partial charge in [0.15, 0.2) is 5.76 Å². The molecule has 0 bridgehead atoms. The first-order valence-electron chi connectivity index (χ1n) is 11.4. The molecule has 0 radical (unpaired) electrons. The van der Waals surface area contributed by atoms with Crippen molar-refractivity contribution in [3.8, 4) is 16.9 Å². The number of benzene rings is 3. The molecule has 1 N–H and O–H groups in total. The molecule has 6 heteroatoms. The van der Waals surface area contributed by atoms with E-state index < -0.39 is 11.6 Å². The van der Waals surface area contributed by atoms with E-state index in [1.165, 1.54) is 4.90 Å². The number of ketones is 1. The molecule has 0 spiro atoms. The van der Waals surface area contributed by atoms with E-state index in [9.17, 15) is 14.7 Å². The van der Waals surface area contributed by atoms with Crippen LogP contribution in [0.15, 0.2) is 78.7 Å². The number of hydrogen-bond donors (Lipinski definition) is 1. The summed E-state index contributed by atoms with van der Waals surface area (Å²) in [6.07, 6.45) is 2.68. The van der Waals surface area contributed by atoms with Gasteiger partial charge in [0.1, 0.15) is 5.75 Å². The maximum atomic E-state index is 13.3. The minimum atomic E-state index is -1.08. The summed E-state index contributed by atoms with van der Waals surface area (Å²) in [5, 5.41) is 10.8. The summed E-state index contributed by atoms with van der Waals surface area (Å²) in [5.41, 5.74) is 4.20. The number of hydrogen-bond acceptors (Lipinski definition) is 3. The fourth-order valence-electron chi connectivity index (χ4n) is 4.69. The van der Waals surface area contributed by atoms with Crippen molar-refractivity contribution in [2.24, 2.45) is 7.05 Å². The largest absolute Gasteiger partial charge is 0.465 e. The number of allylic oxidation sites excluding steroid dienone is 1. The SMILES string of the molecule is Cn1cc(C=C2Oc3ccc(N(C(=O)O)C(C)(C)C)cc3C2=O)c2c(-c3ccccc3)cccc21. The van der Waals surface area contributed by atoms with Gasteiger partial charge in [0, 0.05) is 40.9 Å². The zero-order valence-electron chi connectivity index (χ0n) is 20.1. The summed E-state index contributed by atoms with van der Waals surface area (Å²) < 4.78 is 7.98. The third kappa shape index (κ3) is 3.87. The molecule has 0 atom stereocenters. The molecule has 1 aliphatic rings. The van der Waals surface area contributed by atoms with E-state index in [0.29, 0.717) is 17.0 Å². The fraction of sp³-hybridized carbons (Fsp3) is 0.172. The number of carboxylic acid groups (broad SMARTS) is 1. The predicted octanol–water partition coefficient (Wildman–Crippen LogP) is 6.74. The van der Waals surface area contributed by atoms with Gasteiger partial charge < -0.3 is 14.4 Å². The summed E-state index contributed by atoms with van der Waals surface area (Å²) >= 11 is 0. The highest BCUT2D eigenvalue weighted by atomic mass is 16.5. The van der Waals surface area contributed by atoms with Gasteiger partial charge in [0.25, 0.3) is 0 Å². The van der Waals surface area contributed by atoms with Crippen LogP contribution >= 0.6 is 0 Å². The average Bonchev–Trinajstić information content (AvgIpc) is 3.30. The Morgan fingerprint density at radius 1 is 1.00 bits per heavy atom. The number of amides is 1. The molecule has 0 aliphatic carbocycles. The molecule has 1 aromatic heterocycles. The van der Waals surface area contributed by atoms with Crippen LogP contribution in [0.3, 0.4) is 0 Å². The Bertz CT molecular complexity index is 1510. The second-order valence-corrected chi connectivity index (χ2v) is 9.67. The highest BCUT2D eigenvalue weighted by molar-refractivity contribution is 6.16.